The topological polar surface area (TPSA) is 65.8 Å². The molecule has 0 aliphatic carbocycles. The van der Waals surface area contributed by atoms with E-state index in [0.717, 1.165) is 18.8 Å². The predicted octanol–water partition coefficient (Wildman–Crippen LogP) is 3.19. The van der Waals surface area contributed by atoms with Gasteiger partial charge in [0.15, 0.2) is 0 Å². The van der Waals surface area contributed by atoms with E-state index in [-0.39, 0.29) is 11.8 Å². The second kappa shape index (κ2) is 7.93. The molecule has 2 aromatic rings. The molecule has 6 heteroatoms. The second-order valence-corrected chi connectivity index (χ2v) is 8.51. The van der Waals surface area contributed by atoms with Crippen molar-refractivity contribution >= 4 is 17.5 Å². The second-order valence-electron chi connectivity index (χ2n) is 8.51. The molecule has 6 nitrogen and oxygen atoms in total. The molecule has 0 saturated carbocycles. The molecule has 2 amide bonds. The fraction of sp³-hybridized carbons (Fsp3) is 0.478. The first-order valence-corrected chi connectivity index (χ1v) is 10.4. The minimum atomic E-state index is -0.817. The fourth-order valence-corrected chi connectivity index (χ4v) is 4.57. The smallest absolute Gasteiger partial charge is 0.246 e. The number of nitrogens with zero attached hydrogens (tertiary/aromatic N) is 2. The van der Waals surface area contributed by atoms with Crippen molar-refractivity contribution < 1.29 is 14.0 Å². The van der Waals surface area contributed by atoms with Gasteiger partial charge >= 0.3 is 0 Å². The lowest BCUT2D eigenvalue weighted by Gasteiger charge is -2.51. The third-order valence-corrected chi connectivity index (χ3v) is 6.12. The van der Waals surface area contributed by atoms with Gasteiger partial charge in [-0.1, -0.05) is 32.0 Å². The standard InChI is InChI=1S/C23H29N3O3/c1-17(2)15-20-21(27)26(16-19-9-6-14-29-19)23(22(28)24-20)10-12-25(13-11-23)18-7-4-3-5-8-18/h3-9,14,17,20H,10-13,15-16H2,1-2H3,(H,24,28). The molecule has 2 saturated heterocycles. The van der Waals surface area contributed by atoms with Crippen LogP contribution in [0.1, 0.15) is 38.9 Å². The van der Waals surface area contributed by atoms with Crippen molar-refractivity contribution in [2.24, 2.45) is 5.92 Å². The SMILES string of the molecule is CC(C)CC1NC(=O)C2(CCN(c3ccccc3)CC2)N(Cc2ccco2)C1=O. The number of amides is 2. The van der Waals surface area contributed by atoms with Crippen LogP contribution in [0.5, 0.6) is 0 Å². The number of piperidine rings is 1. The molecule has 1 aromatic carbocycles. The van der Waals surface area contributed by atoms with E-state index in [9.17, 15) is 9.59 Å². The molecule has 2 aliphatic rings. The molecule has 1 unspecified atom stereocenters. The number of piperazine rings is 1. The molecular formula is C23H29N3O3. The maximum absolute atomic E-state index is 13.4. The Morgan fingerprint density at radius 1 is 1.10 bits per heavy atom. The molecule has 2 aliphatic heterocycles. The molecule has 1 spiro atoms. The van der Waals surface area contributed by atoms with E-state index < -0.39 is 11.6 Å². The summed E-state index contributed by atoms with van der Waals surface area (Å²) in [4.78, 5) is 30.8. The zero-order chi connectivity index (χ0) is 20.4. The number of rotatable bonds is 5. The molecule has 3 heterocycles. The average Bonchev–Trinajstić information content (AvgIpc) is 3.24. The van der Waals surface area contributed by atoms with Crippen LogP contribution in [0.3, 0.4) is 0 Å². The van der Waals surface area contributed by atoms with Gasteiger partial charge in [0.2, 0.25) is 11.8 Å². The zero-order valence-corrected chi connectivity index (χ0v) is 17.1. The Hall–Kier alpha value is -2.76. The van der Waals surface area contributed by atoms with Crippen LogP contribution in [0.2, 0.25) is 0 Å². The van der Waals surface area contributed by atoms with E-state index in [1.807, 2.05) is 30.3 Å². The first-order valence-electron chi connectivity index (χ1n) is 10.4. The highest BCUT2D eigenvalue weighted by Crippen LogP contribution is 2.36. The summed E-state index contributed by atoms with van der Waals surface area (Å²) in [5, 5.41) is 3.04. The highest BCUT2D eigenvalue weighted by Gasteiger charge is 2.53. The Bertz CT molecular complexity index is 840. The minimum absolute atomic E-state index is 0.00265. The van der Waals surface area contributed by atoms with Crippen molar-refractivity contribution in [1.29, 1.82) is 0 Å². The quantitative estimate of drug-likeness (QED) is 0.844. The minimum Gasteiger partial charge on any atom is -0.467 e. The van der Waals surface area contributed by atoms with E-state index in [0.29, 0.717) is 37.5 Å². The Morgan fingerprint density at radius 3 is 2.45 bits per heavy atom. The fourth-order valence-electron chi connectivity index (χ4n) is 4.57. The van der Waals surface area contributed by atoms with E-state index in [1.165, 1.54) is 0 Å². The van der Waals surface area contributed by atoms with Gasteiger partial charge in [0.25, 0.3) is 0 Å². The maximum atomic E-state index is 13.4. The lowest BCUT2D eigenvalue weighted by atomic mass is 9.80. The van der Waals surface area contributed by atoms with E-state index >= 15 is 0 Å². The van der Waals surface area contributed by atoms with Gasteiger partial charge in [-0.3, -0.25) is 9.59 Å². The number of anilines is 1. The van der Waals surface area contributed by atoms with Gasteiger partial charge in [0.05, 0.1) is 12.8 Å². The number of hydrogen-bond acceptors (Lipinski definition) is 4. The normalized spacial score (nSPS) is 21.7. The molecule has 1 atom stereocenters. The molecule has 1 N–H and O–H groups in total. The maximum Gasteiger partial charge on any atom is 0.246 e. The lowest BCUT2D eigenvalue weighted by Crippen LogP contribution is -2.72. The Balaban J connectivity index is 1.59. The number of nitrogens with one attached hydrogen (secondary N) is 1. The monoisotopic (exact) mass is 395 g/mol. The summed E-state index contributed by atoms with van der Waals surface area (Å²) < 4.78 is 5.52. The predicted molar refractivity (Wildman–Crippen MR) is 111 cm³/mol. The molecule has 29 heavy (non-hydrogen) atoms. The summed E-state index contributed by atoms with van der Waals surface area (Å²) in [6.07, 6.45) is 3.47. The molecule has 4 rings (SSSR count). The van der Waals surface area contributed by atoms with Crippen molar-refractivity contribution in [1.82, 2.24) is 10.2 Å². The van der Waals surface area contributed by atoms with Gasteiger partial charge < -0.3 is 19.5 Å². The number of furan rings is 1. The van der Waals surface area contributed by atoms with Crippen molar-refractivity contribution in [3.8, 4) is 0 Å². The highest BCUT2D eigenvalue weighted by molar-refractivity contribution is 6.00. The van der Waals surface area contributed by atoms with Crippen molar-refractivity contribution in [2.75, 3.05) is 18.0 Å². The van der Waals surface area contributed by atoms with Gasteiger partial charge in [0.1, 0.15) is 17.3 Å². The van der Waals surface area contributed by atoms with Crippen LogP contribution < -0.4 is 10.2 Å². The Labute approximate surface area is 171 Å². The Kier molecular flexibility index (Phi) is 5.35. The number of para-hydroxylation sites is 1. The number of benzene rings is 1. The van der Waals surface area contributed by atoms with Crippen LogP contribution in [0.15, 0.2) is 53.1 Å². The summed E-state index contributed by atoms with van der Waals surface area (Å²) in [6, 6.07) is 13.4. The largest absolute Gasteiger partial charge is 0.467 e. The van der Waals surface area contributed by atoms with E-state index in [4.69, 9.17) is 4.42 Å². The highest BCUT2D eigenvalue weighted by atomic mass is 16.3. The third-order valence-electron chi connectivity index (χ3n) is 6.12. The molecular weight excluding hydrogens is 366 g/mol. The summed E-state index contributed by atoms with van der Waals surface area (Å²) in [7, 11) is 0. The number of hydrogen-bond donors (Lipinski definition) is 1. The zero-order valence-electron chi connectivity index (χ0n) is 17.1. The summed E-state index contributed by atoms with van der Waals surface area (Å²) in [5.74, 6) is 1.01. The van der Waals surface area contributed by atoms with Crippen LogP contribution in [0.4, 0.5) is 5.69 Å². The molecule has 2 fully saturated rings. The first kappa shape index (κ1) is 19.6. The lowest BCUT2D eigenvalue weighted by molar-refractivity contribution is -0.161. The van der Waals surface area contributed by atoms with Crippen molar-refractivity contribution in [3.05, 3.63) is 54.5 Å². The molecule has 0 bridgehead atoms. The number of carbonyl (C=O) groups excluding carboxylic acids is 2. The van der Waals surface area contributed by atoms with Crippen LogP contribution >= 0.6 is 0 Å². The van der Waals surface area contributed by atoms with Gasteiger partial charge in [-0.05, 0) is 49.4 Å². The average molecular weight is 396 g/mol. The van der Waals surface area contributed by atoms with Crippen molar-refractivity contribution in [3.63, 3.8) is 0 Å². The number of carbonyl (C=O) groups is 2. The molecule has 154 valence electrons. The summed E-state index contributed by atoms with van der Waals surface area (Å²) in [5.41, 5.74) is 0.336. The van der Waals surface area contributed by atoms with Gasteiger partial charge in [-0.25, -0.2) is 0 Å². The third kappa shape index (κ3) is 3.76. The van der Waals surface area contributed by atoms with Gasteiger partial charge in [-0.2, -0.15) is 0 Å². The van der Waals surface area contributed by atoms with Crippen LogP contribution in [-0.4, -0.2) is 41.4 Å². The first-order chi connectivity index (χ1) is 14.0. The van der Waals surface area contributed by atoms with Crippen LogP contribution in [0, 0.1) is 5.92 Å². The molecule has 0 radical (unpaired) electrons. The summed E-state index contributed by atoms with van der Waals surface area (Å²) >= 11 is 0. The van der Waals surface area contributed by atoms with Crippen LogP contribution in [-0.2, 0) is 16.1 Å². The van der Waals surface area contributed by atoms with Crippen molar-refractivity contribution in [2.45, 2.75) is 51.2 Å². The van der Waals surface area contributed by atoms with Gasteiger partial charge in [-0.15, -0.1) is 0 Å². The van der Waals surface area contributed by atoms with Crippen LogP contribution in [0.25, 0.3) is 0 Å². The summed E-state index contributed by atoms with van der Waals surface area (Å²) in [6.45, 7) is 5.93. The molecule has 1 aromatic heterocycles. The Morgan fingerprint density at radius 2 is 1.83 bits per heavy atom. The van der Waals surface area contributed by atoms with Gasteiger partial charge in [0, 0.05) is 18.8 Å². The van der Waals surface area contributed by atoms with E-state index in [1.54, 1.807) is 11.2 Å². The van der Waals surface area contributed by atoms with E-state index in [2.05, 4.69) is 36.2 Å².